The highest BCUT2D eigenvalue weighted by Crippen LogP contribution is 2.37. The van der Waals surface area contributed by atoms with Crippen molar-refractivity contribution in [2.75, 3.05) is 6.16 Å². The van der Waals surface area contributed by atoms with Gasteiger partial charge in [0.1, 0.15) is 0 Å². The van der Waals surface area contributed by atoms with Gasteiger partial charge in [-0.2, -0.15) is 0 Å². The van der Waals surface area contributed by atoms with E-state index in [1.807, 2.05) is 0 Å². The zero-order chi connectivity index (χ0) is 9.52. The van der Waals surface area contributed by atoms with Gasteiger partial charge in [-0.15, -0.1) is 0 Å². The van der Waals surface area contributed by atoms with Crippen LogP contribution < -0.4 is 0 Å². The lowest BCUT2D eigenvalue weighted by molar-refractivity contribution is 0.156. The molecule has 0 radical (unpaired) electrons. The van der Waals surface area contributed by atoms with E-state index in [1.54, 1.807) is 0 Å². The Hall–Kier alpha value is 0.350. The first kappa shape index (κ1) is 11.4. The van der Waals surface area contributed by atoms with Gasteiger partial charge in [0, 0.05) is 6.16 Å². The van der Waals surface area contributed by atoms with Gasteiger partial charge in [0.25, 0.3) is 0 Å². The Balaban J connectivity index is 2.07. The first-order valence-electron chi connectivity index (χ1n) is 5.46. The van der Waals surface area contributed by atoms with E-state index in [-0.39, 0.29) is 0 Å². The number of hydrogen-bond donors (Lipinski definition) is 1. The lowest BCUT2D eigenvalue weighted by atomic mass is 9.98. The van der Waals surface area contributed by atoms with Crippen LogP contribution >= 0.6 is 8.38 Å². The van der Waals surface area contributed by atoms with Crippen LogP contribution in [0.3, 0.4) is 0 Å². The molecule has 2 nitrogen and oxygen atoms in total. The second kappa shape index (κ2) is 6.75. The highest BCUT2D eigenvalue weighted by molar-refractivity contribution is 7.46. The molecule has 0 aromatic heterocycles. The largest absolute Gasteiger partial charge is 0.350 e. The predicted molar refractivity (Wildman–Crippen MR) is 56.9 cm³/mol. The highest BCUT2D eigenvalue weighted by Gasteiger charge is 2.17. The smallest absolute Gasteiger partial charge is 0.167 e. The monoisotopic (exact) mass is 204 g/mol. The molecule has 1 fully saturated rings. The molecule has 0 aromatic rings. The van der Waals surface area contributed by atoms with Crippen LogP contribution in [0.15, 0.2) is 0 Å². The standard InChI is InChI=1S/C10H21O2P/c1-2-3-9-13(11)12-10-7-5-4-6-8-10/h10-11H,2-9H2,1H3. The van der Waals surface area contributed by atoms with Gasteiger partial charge >= 0.3 is 0 Å². The van der Waals surface area contributed by atoms with Crippen LogP contribution in [0.2, 0.25) is 0 Å². The maximum Gasteiger partial charge on any atom is 0.167 e. The fraction of sp³-hybridized carbons (Fsp3) is 1.00. The van der Waals surface area contributed by atoms with Crippen LogP contribution in [0.5, 0.6) is 0 Å². The van der Waals surface area contributed by atoms with Crippen molar-refractivity contribution in [3.8, 4) is 0 Å². The first-order valence-corrected chi connectivity index (χ1v) is 6.86. The Morgan fingerprint density at radius 2 is 2.00 bits per heavy atom. The zero-order valence-corrected chi connectivity index (χ0v) is 9.43. The van der Waals surface area contributed by atoms with Crippen LogP contribution in [0, 0.1) is 0 Å². The lowest BCUT2D eigenvalue weighted by Crippen LogP contribution is -2.14. The van der Waals surface area contributed by atoms with E-state index in [2.05, 4.69) is 6.92 Å². The maximum absolute atomic E-state index is 9.58. The fourth-order valence-electron chi connectivity index (χ4n) is 1.69. The van der Waals surface area contributed by atoms with Gasteiger partial charge in [0.15, 0.2) is 8.38 Å². The molecule has 3 heteroatoms. The molecule has 0 amide bonds. The van der Waals surface area contributed by atoms with Crippen LogP contribution in [-0.4, -0.2) is 17.2 Å². The molecule has 0 bridgehead atoms. The molecule has 1 aliphatic rings. The van der Waals surface area contributed by atoms with Gasteiger partial charge in [-0.25, -0.2) is 0 Å². The van der Waals surface area contributed by atoms with Crippen molar-refractivity contribution in [3.05, 3.63) is 0 Å². The lowest BCUT2D eigenvalue weighted by Gasteiger charge is -2.24. The summed E-state index contributed by atoms with van der Waals surface area (Å²) in [7, 11) is -1.11. The first-order chi connectivity index (χ1) is 6.33. The SMILES string of the molecule is CCCCP(O)OC1CCCCC1. The van der Waals surface area contributed by atoms with Crippen molar-refractivity contribution in [2.24, 2.45) is 0 Å². The summed E-state index contributed by atoms with van der Waals surface area (Å²) < 4.78 is 5.61. The second-order valence-corrected chi connectivity index (χ2v) is 5.16. The third-order valence-electron chi connectivity index (χ3n) is 2.53. The van der Waals surface area contributed by atoms with Crippen molar-refractivity contribution >= 4 is 8.38 Å². The quantitative estimate of drug-likeness (QED) is 0.695. The van der Waals surface area contributed by atoms with Gasteiger partial charge in [-0.3, -0.25) is 0 Å². The average molecular weight is 204 g/mol. The molecular weight excluding hydrogens is 183 g/mol. The van der Waals surface area contributed by atoms with Gasteiger partial charge in [-0.1, -0.05) is 32.6 Å². The molecule has 1 N–H and O–H groups in total. The fourth-order valence-corrected chi connectivity index (χ4v) is 2.94. The van der Waals surface area contributed by atoms with Crippen LogP contribution in [0.4, 0.5) is 0 Å². The van der Waals surface area contributed by atoms with E-state index < -0.39 is 8.38 Å². The molecule has 1 saturated carbocycles. The summed E-state index contributed by atoms with van der Waals surface area (Å²) in [5.41, 5.74) is 0. The molecule has 1 rings (SSSR count). The molecule has 0 heterocycles. The molecule has 1 atom stereocenters. The maximum atomic E-state index is 9.58. The summed E-state index contributed by atoms with van der Waals surface area (Å²) in [5, 5.41) is 0. The molecule has 1 unspecified atom stereocenters. The average Bonchev–Trinajstić information content (AvgIpc) is 2.16. The third-order valence-corrected chi connectivity index (χ3v) is 3.77. The van der Waals surface area contributed by atoms with Crippen LogP contribution in [0.25, 0.3) is 0 Å². The van der Waals surface area contributed by atoms with Gasteiger partial charge < -0.3 is 9.42 Å². The van der Waals surface area contributed by atoms with Gasteiger partial charge in [-0.05, 0) is 19.3 Å². The Labute approximate surface area is 82.6 Å². The predicted octanol–water partition coefficient (Wildman–Crippen LogP) is 3.44. The van der Waals surface area contributed by atoms with Crippen molar-refractivity contribution in [2.45, 2.75) is 58.0 Å². The van der Waals surface area contributed by atoms with Crippen molar-refractivity contribution in [1.82, 2.24) is 0 Å². The summed E-state index contributed by atoms with van der Waals surface area (Å²) in [6, 6.07) is 0. The van der Waals surface area contributed by atoms with Crippen molar-refractivity contribution in [3.63, 3.8) is 0 Å². The molecule has 0 spiro atoms. The van der Waals surface area contributed by atoms with E-state index in [1.165, 1.54) is 19.3 Å². The second-order valence-electron chi connectivity index (χ2n) is 3.79. The topological polar surface area (TPSA) is 29.5 Å². The molecule has 1 aliphatic carbocycles. The van der Waals surface area contributed by atoms with Crippen molar-refractivity contribution < 1.29 is 9.42 Å². The van der Waals surface area contributed by atoms with E-state index in [0.717, 1.165) is 31.8 Å². The van der Waals surface area contributed by atoms with E-state index in [0.29, 0.717) is 6.10 Å². The molecule has 13 heavy (non-hydrogen) atoms. The Bertz CT molecular complexity index is 124. The molecule has 0 aliphatic heterocycles. The normalized spacial score (nSPS) is 21.7. The van der Waals surface area contributed by atoms with E-state index >= 15 is 0 Å². The Kier molecular flexibility index (Phi) is 5.93. The summed E-state index contributed by atoms with van der Waals surface area (Å²) in [6.07, 6.45) is 9.69. The molecular formula is C10H21O2P. The zero-order valence-electron chi connectivity index (χ0n) is 8.54. The van der Waals surface area contributed by atoms with Gasteiger partial charge in [0.05, 0.1) is 6.10 Å². The minimum atomic E-state index is -1.11. The number of unbranched alkanes of at least 4 members (excludes halogenated alkanes) is 1. The molecule has 0 aromatic carbocycles. The number of hydrogen-bond acceptors (Lipinski definition) is 2. The van der Waals surface area contributed by atoms with Crippen LogP contribution in [-0.2, 0) is 4.52 Å². The summed E-state index contributed by atoms with van der Waals surface area (Å²) in [6.45, 7) is 2.14. The summed E-state index contributed by atoms with van der Waals surface area (Å²) in [4.78, 5) is 9.58. The minimum Gasteiger partial charge on any atom is -0.350 e. The highest BCUT2D eigenvalue weighted by atomic mass is 31.2. The molecule has 78 valence electrons. The van der Waals surface area contributed by atoms with Crippen molar-refractivity contribution in [1.29, 1.82) is 0 Å². The minimum absolute atomic E-state index is 0.363. The van der Waals surface area contributed by atoms with Gasteiger partial charge in [0.2, 0.25) is 0 Å². The Morgan fingerprint density at radius 1 is 1.31 bits per heavy atom. The summed E-state index contributed by atoms with van der Waals surface area (Å²) in [5.74, 6) is 0. The van der Waals surface area contributed by atoms with Crippen LogP contribution in [0.1, 0.15) is 51.9 Å². The number of rotatable bonds is 5. The third kappa shape index (κ3) is 4.95. The summed E-state index contributed by atoms with van der Waals surface area (Å²) >= 11 is 0. The molecule has 0 saturated heterocycles. The van der Waals surface area contributed by atoms with E-state index in [4.69, 9.17) is 4.52 Å². The Morgan fingerprint density at radius 3 is 2.62 bits per heavy atom. The van der Waals surface area contributed by atoms with E-state index in [9.17, 15) is 4.89 Å².